The molecule has 0 atom stereocenters. The SMILES string of the molecule is Cc1ccc(NS(=O)(=O)c2ccc3c(c2)c(=O)n(CC(=O)N2CCCC2)c(=O)n3C)c(Cl)c1. The van der Waals surface area contributed by atoms with Crippen molar-refractivity contribution in [2.45, 2.75) is 31.2 Å². The topological polar surface area (TPSA) is 110 Å². The Hall–Kier alpha value is -3.11. The number of nitrogens with one attached hydrogen (secondary N) is 1. The Labute approximate surface area is 195 Å². The van der Waals surface area contributed by atoms with Gasteiger partial charge in [0.15, 0.2) is 0 Å². The monoisotopic (exact) mass is 490 g/mol. The third-order valence-corrected chi connectivity index (χ3v) is 7.43. The number of rotatable bonds is 5. The third-order valence-electron chi connectivity index (χ3n) is 5.75. The second kappa shape index (κ2) is 8.68. The van der Waals surface area contributed by atoms with Crippen LogP contribution in [0.15, 0.2) is 50.9 Å². The summed E-state index contributed by atoms with van der Waals surface area (Å²) < 4.78 is 30.5. The number of nitrogens with zero attached hydrogens (tertiary/aromatic N) is 3. The van der Waals surface area contributed by atoms with Gasteiger partial charge in [-0.15, -0.1) is 0 Å². The van der Waals surface area contributed by atoms with Crippen LogP contribution < -0.4 is 16.0 Å². The summed E-state index contributed by atoms with van der Waals surface area (Å²) in [4.78, 5) is 39.9. The van der Waals surface area contributed by atoms with Gasteiger partial charge in [0, 0.05) is 20.1 Å². The molecule has 0 saturated carbocycles. The summed E-state index contributed by atoms with van der Waals surface area (Å²) in [6.07, 6.45) is 1.77. The van der Waals surface area contributed by atoms with Crippen LogP contribution in [0.3, 0.4) is 0 Å². The average molecular weight is 491 g/mol. The highest BCUT2D eigenvalue weighted by atomic mass is 35.5. The lowest BCUT2D eigenvalue weighted by Gasteiger charge is -2.17. The molecule has 1 fully saturated rings. The van der Waals surface area contributed by atoms with Crippen LogP contribution in [0.25, 0.3) is 10.9 Å². The molecule has 2 aromatic carbocycles. The van der Waals surface area contributed by atoms with Crippen LogP contribution in [-0.4, -0.2) is 41.4 Å². The lowest BCUT2D eigenvalue weighted by Crippen LogP contribution is -2.43. The van der Waals surface area contributed by atoms with E-state index >= 15 is 0 Å². The van der Waals surface area contributed by atoms with Gasteiger partial charge in [-0.05, 0) is 55.7 Å². The fourth-order valence-corrected chi connectivity index (χ4v) is 5.35. The summed E-state index contributed by atoms with van der Waals surface area (Å²) in [5.41, 5.74) is -0.0106. The molecule has 0 radical (unpaired) electrons. The van der Waals surface area contributed by atoms with Crippen molar-refractivity contribution in [1.82, 2.24) is 14.0 Å². The van der Waals surface area contributed by atoms with E-state index in [-0.39, 0.29) is 32.4 Å². The lowest BCUT2D eigenvalue weighted by molar-refractivity contribution is -0.130. The zero-order valence-electron chi connectivity index (χ0n) is 18.2. The number of sulfonamides is 1. The summed E-state index contributed by atoms with van der Waals surface area (Å²) >= 11 is 6.15. The normalized spacial score (nSPS) is 14.1. The first kappa shape index (κ1) is 23.1. The van der Waals surface area contributed by atoms with Crippen LogP contribution in [0.4, 0.5) is 5.69 Å². The number of amides is 1. The number of anilines is 1. The number of benzene rings is 2. The van der Waals surface area contributed by atoms with Gasteiger partial charge >= 0.3 is 5.69 Å². The molecule has 1 N–H and O–H groups in total. The zero-order chi connectivity index (χ0) is 23.9. The molecular weight excluding hydrogens is 468 g/mol. The van der Waals surface area contributed by atoms with Gasteiger partial charge < -0.3 is 4.90 Å². The molecule has 174 valence electrons. The van der Waals surface area contributed by atoms with Crippen molar-refractivity contribution in [1.29, 1.82) is 0 Å². The molecule has 3 aromatic rings. The summed E-state index contributed by atoms with van der Waals surface area (Å²) in [5.74, 6) is -0.314. The van der Waals surface area contributed by atoms with Gasteiger partial charge in [-0.3, -0.25) is 23.4 Å². The summed E-state index contributed by atoms with van der Waals surface area (Å²) in [6.45, 7) is 2.63. The Kier molecular flexibility index (Phi) is 6.06. The van der Waals surface area contributed by atoms with E-state index in [9.17, 15) is 22.8 Å². The average Bonchev–Trinajstić information content (AvgIpc) is 3.32. The smallest absolute Gasteiger partial charge is 0.331 e. The Morgan fingerprint density at radius 1 is 1.09 bits per heavy atom. The number of aryl methyl sites for hydroxylation is 2. The highest BCUT2D eigenvalue weighted by Gasteiger charge is 2.22. The zero-order valence-corrected chi connectivity index (χ0v) is 19.7. The maximum absolute atomic E-state index is 13.1. The van der Waals surface area contributed by atoms with Gasteiger partial charge in [0.05, 0.1) is 26.5 Å². The molecule has 0 aliphatic carbocycles. The standard InChI is InChI=1S/C22H23ClN4O5S/c1-14-5-7-18(17(23)11-14)24-33(31,32)15-6-8-19-16(12-15)21(29)27(22(30)25(19)2)13-20(28)26-9-3-4-10-26/h5-8,11-12,24H,3-4,9-10,13H2,1-2H3. The van der Waals surface area contributed by atoms with E-state index in [0.717, 1.165) is 23.0 Å². The summed E-state index contributed by atoms with van der Waals surface area (Å²) in [7, 11) is -2.60. The molecule has 1 amide bonds. The van der Waals surface area contributed by atoms with Crippen LogP contribution in [0.2, 0.25) is 5.02 Å². The largest absolute Gasteiger partial charge is 0.341 e. The summed E-state index contributed by atoms with van der Waals surface area (Å²) in [5, 5.41) is 0.258. The van der Waals surface area contributed by atoms with Crippen LogP contribution in [0.1, 0.15) is 18.4 Å². The molecule has 4 rings (SSSR count). The maximum Gasteiger partial charge on any atom is 0.331 e. The van der Waals surface area contributed by atoms with E-state index in [0.29, 0.717) is 13.1 Å². The van der Waals surface area contributed by atoms with Crippen molar-refractivity contribution < 1.29 is 13.2 Å². The van der Waals surface area contributed by atoms with E-state index in [2.05, 4.69) is 4.72 Å². The van der Waals surface area contributed by atoms with Gasteiger partial charge in [0.1, 0.15) is 6.54 Å². The minimum atomic E-state index is -4.07. The van der Waals surface area contributed by atoms with Crippen molar-refractivity contribution in [2.24, 2.45) is 7.05 Å². The number of hydrogen-bond acceptors (Lipinski definition) is 5. The minimum absolute atomic E-state index is 0.0178. The highest BCUT2D eigenvalue weighted by Crippen LogP contribution is 2.26. The predicted octanol–water partition coefficient (Wildman–Crippen LogP) is 2.09. The van der Waals surface area contributed by atoms with Crippen molar-refractivity contribution in [3.63, 3.8) is 0 Å². The molecule has 0 unspecified atom stereocenters. The van der Waals surface area contributed by atoms with Gasteiger partial charge in [0.2, 0.25) is 5.91 Å². The first-order valence-corrected chi connectivity index (χ1v) is 12.2. The predicted molar refractivity (Wildman–Crippen MR) is 126 cm³/mol. The second-order valence-electron chi connectivity index (χ2n) is 8.09. The minimum Gasteiger partial charge on any atom is -0.341 e. The van der Waals surface area contributed by atoms with Crippen LogP contribution in [-0.2, 0) is 28.4 Å². The van der Waals surface area contributed by atoms with Crippen molar-refractivity contribution in [2.75, 3.05) is 17.8 Å². The number of hydrogen-bond donors (Lipinski definition) is 1. The fourth-order valence-electron chi connectivity index (χ4n) is 3.91. The van der Waals surface area contributed by atoms with E-state index in [1.807, 2.05) is 6.92 Å². The number of aromatic nitrogens is 2. The number of likely N-dealkylation sites (tertiary alicyclic amines) is 1. The van der Waals surface area contributed by atoms with Crippen LogP contribution in [0, 0.1) is 6.92 Å². The van der Waals surface area contributed by atoms with Crippen molar-refractivity contribution >= 4 is 44.1 Å². The van der Waals surface area contributed by atoms with Crippen molar-refractivity contribution in [3.05, 3.63) is 67.8 Å². The first-order chi connectivity index (χ1) is 15.6. The molecule has 33 heavy (non-hydrogen) atoms. The Bertz CT molecular complexity index is 1490. The second-order valence-corrected chi connectivity index (χ2v) is 10.2. The molecule has 9 nitrogen and oxygen atoms in total. The Balaban J connectivity index is 1.76. The van der Waals surface area contributed by atoms with Gasteiger partial charge in [-0.25, -0.2) is 13.2 Å². The van der Waals surface area contributed by atoms with Crippen molar-refractivity contribution in [3.8, 4) is 0 Å². The molecule has 0 bridgehead atoms. The highest BCUT2D eigenvalue weighted by molar-refractivity contribution is 7.92. The van der Waals surface area contributed by atoms with Crippen LogP contribution in [0.5, 0.6) is 0 Å². The van der Waals surface area contributed by atoms with E-state index in [1.54, 1.807) is 23.1 Å². The fraction of sp³-hybridized carbons (Fsp3) is 0.318. The summed E-state index contributed by atoms with van der Waals surface area (Å²) in [6, 6.07) is 8.82. The molecule has 11 heteroatoms. The lowest BCUT2D eigenvalue weighted by atomic mass is 10.2. The molecule has 1 saturated heterocycles. The number of carbonyl (C=O) groups is 1. The Morgan fingerprint density at radius 3 is 2.45 bits per heavy atom. The van der Waals surface area contributed by atoms with Gasteiger partial charge in [-0.1, -0.05) is 17.7 Å². The van der Waals surface area contributed by atoms with Crippen LogP contribution >= 0.6 is 11.6 Å². The van der Waals surface area contributed by atoms with Gasteiger partial charge in [-0.2, -0.15) is 0 Å². The molecule has 1 aromatic heterocycles. The van der Waals surface area contributed by atoms with E-state index in [1.165, 1.54) is 29.8 Å². The molecule has 2 heterocycles. The number of halogens is 1. The molecule has 1 aliphatic heterocycles. The first-order valence-electron chi connectivity index (χ1n) is 10.4. The molecule has 0 spiro atoms. The third kappa shape index (κ3) is 4.40. The number of carbonyl (C=O) groups excluding carboxylic acids is 1. The maximum atomic E-state index is 13.1. The number of fused-ring (bicyclic) bond motifs is 1. The van der Waals surface area contributed by atoms with E-state index < -0.39 is 27.8 Å². The van der Waals surface area contributed by atoms with E-state index in [4.69, 9.17) is 11.6 Å². The van der Waals surface area contributed by atoms with Gasteiger partial charge in [0.25, 0.3) is 15.6 Å². The quantitative estimate of drug-likeness (QED) is 0.588. The Morgan fingerprint density at radius 2 is 1.79 bits per heavy atom. The molecule has 1 aliphatic rings. The molecular formula is C22H23ClN4O5S.